The molecule has 2 aliphatic carbocycles. The van der Waals surface area contributed by atoms with E-state index in [1.165, 1.54) is 53.7 Å². The molecule has 0 radical (unpaired) electrons. The van der Waals surface area contributed by atoms with E-state index >= 15 is 0 Å². The van der Waals surface area contributed by atoms with Crippen molar-refractivity contribution >= 4 is 135 Å². The van der Waals surface area contributed by atoms with Crippen LogP contribution in [0.3, 0.4) is 0 Å². The van der Waals surface area contributed by atoms with E-state index in [0.717, 1.165) is 128 Å². The van der Waals surface area contributed by atoms with Crippen LogP contribution in [-0.2, 0) is 21.7 Å². The van der Waals surface area contributed by atoms with Crippen molar-refractivity contribution < 1.29 is 9.47 Å². The van der Waals surface area contributed by atoms with Crippen LogP contribution in [0.1, 0.15) is 103 Å². The molecule has 18 rings (SSSR count). The molecule has 0 unspecified atom stereocenters. The Morgan fingerprint density at radius 2 is 0.763 bits per heavy atom. The molecule has 0 atom stereocenters. The van der Waals surface area contributed by atoms with Gasteiger partial charge in [0.15, 0.2) is 0 Å². The molecular formula is C84H72B2N4O2S. The SMILES string of the molecule is CC1(C)CCC(C)(C)c2cc(N3c4ccccc4B4c5cc6c(cc5Oc5cc(N(c7ccccc7)c7ccccc7)cc3c54)Oc3cc(N(c4ccccc4)c4ccccc4)cc4c3B6c3sc5ccccc5c3N4c3ccc4c(c3)C(C)(C)CCC4(C)C)ccc21. The second-order valence-corrected chi connectivity index (χ2v) is 30.4. The van der Waals surface area contributed by atoms with Crippen LogP contribution in [-0.4, -0.2) is 13.4 Å². The van der Waals surface area contributed by atoms with Gasteiger partial charge in [0.2, 0.25) is 0 Å². The van der Waals surface area contributed by atoms with Gasteiger partial charge in [-0.15, -0.1) is 11.3 Å². The van der Waals surface area contributed by atoms with Crippen molar-refractivity contribution in [2.75, 3.05) is 19.6 Å². The van der Waals surface area contributed by atoms with Gasteiger partial charge in [0, 0.05) is 84.2 Å². The van der Waals surface area contributed by atoms with Crippen molar-refractivity contribution in [3.63, 3.8) is 0 Å². The summed E-state index contributed by atoms with van der Waals surface area (Å²) in [7, 11) is 0. The molecular weight excluding hydrogens is 1150 g/mol. The molecule has 9 heteroatoms. The van der Waals surface area contributed by atoms with E-state index in [1.807, 2.05) is 11.3 Å². The first kappa shape index (κ1) is 56.1. The lowest BCUT2D eigenvalue weighted by Gasteiger charge is -2.44. The van der Waals surface area contributed by atoms with Gasteiger partial charge in [-0.2, -0.15) is 0 Å². The number of rotatable bonds is 8. The number of anilines is 12. The Morgan fingerprint density at radius 3 is 1.28 bits per heavy atom. The van der Waals surface area contributed by atoms with Crippen LogP contribution < -0.4 is 61.2 Å². The van der Waals surface area contributed by atoms with Crippen LogP contribution in [0, 0.1) is 0 Å². The van der Waals surface area contributed by atoms with Crippen LogP contribution in [0.4, 0.5) is 68.2 Å². The summed E-state index contributed by atoms with van der Waals surface area (Å²) in [6, 6.07) is 90.3. The highest BCUT2D eigenvalue weighted by Crippen LogP contribution is 2.55. The smallest absolute Gasteiger partial charge is 0.268 e. The molecule has 452 valence electrons. The summed E-state index contributed by atoms with van der Waals surface area (Å²) in [5, 5.41) is 1.24. The van der Waals surface area contributed by atoms with Gasteiger partial charge < -0.3 is 29.1 Å². The Labute approximate surface area is 551 Å². The minimum Gasteiger partial charge on any atom is -0.458 e. The molecule has 12 aromatic rings. The molecule has 0 spiro atoms. The highest BCUT2D eigenvalue weighted by atomic mass is 32.1. The second kappa shape index (κ2) is 20.4. The topological polar surface area (TPSA) is 31.4 Å². The quantitative estimate of drug-likeness (QED) is 0.141. The minimum atomic E-state index is -0.181. The van der Waals surface area contributed by atoms with Crippen LogP contribution in [0.15, 0.2) is 243 Å². The number of hydrogen-bond acceptors (Lipinski definition) is 7. The average molecular weight is 1220 g/mol. The highest BCUT2D eigenvalue weighted by molar-refractivity contribution is 7.33. The molecule has 0 saturated heterocycles. The van der Waals surface area contributed by atoms with Crippen molar-refractivity contribution in [2.45, 2.75) is 103 Å². The summed E-state index contributed by atoms with van der Waals surface area (Å²) in [6.45, 7) is 19.1. The maximum absolute atomic E-state index is 7.73. The van der Waals surface area contributed by atoms with E-state index in [1.54, 1.807) is 0 Å². The maximum atomic E-state index is 7.73. The van der Waals surface area contributed by atoms with E-state index in [-0.39, 0.29) is 35.1 Å². The third-order valence-electron chi connectivity index (χ3n) is 21.8. The fourth-order valence-electron chi connectivity index (χ4n) is 16.8. The fourth-order valence-corrected chi connectivity index (χ4v) is 18.1. The van der Waals surface area contributed by atoms with Gasteiger partial charge in [-0.1, -0.05) is 183 Å². The summed E-state index contributed by atoms with van der Waals surface area (Å²) >= 11 is 1.93. The molecule has 4 aliphatic heterocycles. The monoisotopic (exact) mass is 1220 g/mol. The number of fused-ring (bicyclic) bond motifs is 12. The lowest BCUT2D eigenvalue weighted by atomic mass is 9.32. The number of benzene rings is 11. The number of para-hydroxylation sites is 5. The largest absolute Gasteiger partial charge is 0.458 e. The van der Waals surface area contributed by atoms with Crippen LogP contribution in [0.2, 0.25) is 0 Å². The van der Waals surface area contributed by atoms with E-state index in [9.17, 15) is 0 Å². The predicted molar refractivity (Wildman–Crippen MR) is 393 cm³/mol. The Kier molecular flexibility index (Phi) is 12.3. The highest BCUT2D eigenvalue weighted by Gasteiger charge is 2.50. The van der Waals surface area contributed by atoms with Crippen molar-refractivity contribution in [3.8, 4) is 23.0 Å². The van der Waals surface area contributed by atoms with E-state index in [0.29, 0.717) is 0 Å². The number of ether oxygens (including phenoxy) is 2. The third-order valence-corrected chi connectivity index (χ3v) is 23.0. The van der Waals surface area contributed by atoms with E-state index in [4.69, 9.17) is 9.47 Å². The van der Waals surface area contributed by atoms with Gasteiger partial charge in [0.1, 0.15) is 23.0 Å². The zero-order valence-corrected chi connectivity index (χ0v) is 54.9. The molecule has 1 aromatic heterocycles. The molecule has 0 saturated carbocycles. The summed E-state index contributed by atoms with van der Waals surface area (Å²) < 4.78 is 18.0. The maximum Gasteiger partial charge on any atom is 0.268 e. The number of hydrogen-bond donors (Lipinski definition) is 0. The Morgan fingerprint density at radius 1 is 0.344 bits per heavy atom. The van der Waals surface area contributed by atoms with Gasteiger partial charge in [-0.05, 0) is 194 Å². The zero-order chi connectivity index (χ0) is 62.9. The fraction of sp³-hybridized carbons (Fsp3) is 0.190. The molecule has 0 fully saturated rings. The molecule has 0 bridgehead atoms. The van der Waals surface area contributed by atoms with Crippen molar-refractivity contribution in [1.82, 2.24) is 0 Å². The third kappa shape index (κ3) is 8.61. The molecule has 6 nitrogen and oxygen atoms in total. The average Bonchev–Trinajstić information content (AvgIpc) is 1.65. The van der Waals surface area contributed by atoms with Gasteiger partial charge in [-0.25, -0.2) is 0 Å². The van der Waals surface area contributed by atoms with Gasteiger partial charge >= 0.3 is 0 Å². The molecule has 5 heterocycles. The first-order valence-electron chi connectivity index (χ1n) is 33.3. The zero-order valence-electron chi connectivity index (χ0n) is 54.1. The Balaban J connectivity index is 0.887. The van der Waals surface area contributed by atoms with Crippen LogP contribution in [0.5, 0.6) is 23.0 Å². The normalized spacial score (nSPS) is 16.6. The first-order valence-corrected chi connectivity index (χ1v) is 34.1. The van der Waals surface area contributed by atoms with Crippen LogP contribution in [0.25, 0.3) is 10.1 Å². The van der Waals surface area contributed by atoms with E-state index < -0.39 is 0 Å². The minimum absolute atomic E-state index is 0.00289. The standard InChI is InChI=1S/C84H72B2N4O2S/c1-81(2)41-43-83(5,6)64-45-57(37-39-62(64)81)89-69-35-23-22-34-66(69)85-67-51-68-73(52-72(67)91-74-49-59(47-70(89)77(74)85)87(53-25-13-9-14-26-53)54-27-15-10-16-28-54)92-75-50-60(88(55-29-17-11-18-30-55)56-31-19-12-20-32-56)48-71-78(75)86(68)80-79(61-33-21-24-36-76(61)93-80)90(71)58-38-40-63-65(46-58)84(7,8)44-42-82(63,3)4/h9-40,45-52H,41-44H2,1-8H3. The number of thiophene rings is 1. The first-order chi connectivity index (χ1) is 45.1. The Bertz CT molecular complexity index is 4960. The lowest BCUT2D eigenvalue weighted by Crippen LogP contribution is -2.62. The summed E-state index contributed by atoms with van der Waals surface area (Å²) in [5.41, 5.74) is 24.9. The van der Waals surface area contributed by atoms with Crippen molar-refractivity contribution in [1.29, 1.82) is 0 Å². The van der Waals surface area contributed by atoms with Crippen LogP contribution >= 0.6 is 11.3 Å². The molecule has 0 N–H and O–H groups in total. The van der Waals surface area contributed by atoms with Gasteiger partial charge in [-0.3, -0.25) is 0 Å². The molecule has 11 aromatic carbocycles. The van der Waals surface area contributed by atoms with Gasteiger partial charge in [0.05, 0.1) is 17.1 Å². The predicted octanol–water partition coefficient (Wildman–Crippen LogP) is 19.3. The van der Waals surface area contributed by atoms with Gasteiger partial charge in [0.25, 0.3) is 13.4 Å². The molecule has 6 aliphatic rings. The Hall–Kier alpha value is -9.69. The van der Waals surface area contributed by atoms with E-state index in [2.05, 4.69) is 318 Å². The molecule has 0 amide bonds. The lowest BCUT2D eigenvalue weighted by molar-refractivity contribution is 0.332. The summed E-state index contributed by atoms with van der Waals surface area (Å²) in [5.74, 6) is 3.26. The van der Waals surface area contributed by atoms with Crippen molar-refractivity contribution in [2.24, 2.45) is 0 Å². The molecule has 93 heavy (non-hydrogen) atoms. The second-order valence-electron chi connectivity index (χ2n) is 29.3. The van der Waals surface area contributed by atoms with Crippen molar-refractivity contribution in [3.05, 3.63) is 265 Å². The number of nitrogens with zero attached hydrogens (tertiary/aromatic N) is 4. The summed E-state index contributed by atoms with van der Waals surface area (Å²) in [4.78, 5) is 9.91. The summed E-state index contributed by atoms with van der Waals surface area (Å²) in [6.07, 6.45) is 4.56.